The number of hydrogen-bond acceptors (Lipinski definition) is 7. The number of carbonyl (C=O) groups excluding carboxylic acids is 1. The number of hydrazine groups is 1. The lowest BCUT2D eigenvalue weighted by molar-refractivity contribution is 0.0621. The lowest BCUT2D eigenvalue weighted by Gasteiger charge is -2.40. The molecule has 2 atom stereocenters. The summed E-state index contributed by atoms with van der Waals surface area (Å²) >= 11 is 7.64. The highest BCUT2D eigenvalue weighted by molar-refractivity contribution is 7.23. The van der Waals surface area contributed by atoms with Crippen LogP contribution in [0.25, 0.3) is 21.2 Å². The van der Waals surface area contributed by atoms with E-state index in [0.29, 0.717) is 49.4 Å². The predicted molar refractivity (Wildman–Crippen MR) is 128 cm³/mol. The van der Waals surface area contributed by atoms with Crippen LogP contribution in [0.5, 0.6) is 0 Å². The van der Waals surface area contributed by atoms with Crippen LogP contribution in [0.4, 0.5) is 19.5 Å². The number of amides is 1. The average molecular weight is 501 g/mol. The Kier molecular flexibility index (Phi) is 4.93. The lowest BCUT2D eigenvalue weighted by Crippen LogP contribution is -2.56. The van der Waals surface area contributed by atoms with Gasteiger partial charge in [0.15, 0.2) is 0 Å². The Morgan fingerprint density at radius 1 is 1.24 bits per heavy atom. The van der Waals surface area contributed by atoms with Crippen molar-refractivity contribution in [1.82, 2.24) is 15.6 Å². The van der Waals surface area contributed by atoms with Crippen molar-refractivity contribution in [2.75, 3.05) is 36.9 Å². The summed E-state index contributed by atoms with van der Waals surface area (Å²) in [5, 5.41) is 15.2. The number of nitrogens with zero attached hydrogens (tertiary/aromatic N) is 3. The molecule has 1 aromatic heterocycles. The Bertz CT molecular complexity index is 1420. The number of carbonyl (C=O) groups is 1. The standard InChI is InChI=1S/C23H19ClF2N6OS/c24-21-18-17(11-1-2-14(25)20-16(11)13(8-27)22(28)34-20)15(26)7-12-19(18)32(30-21)5-3-10-9-29-4-6-31(10)23(12)33/h1-2,7,10,21,29-30H,3-6,9,28H2/t10-,21?/m0/s1. The SMILES string of the molecule is N#Cc1c(N)sc2c(F)ccc(-c3c(F)cc4c5c3C(Cl)NN5CC[C@H]3CNCCN3C4=O)c12. The van der Waals surface area contributed by atoms with Crippen LogP contribution in [0.3, 0.4) is 0 Å². The molecule has 34 heavy (non-hydrogen) atoms. The molecule has 1 saturated heterocycles. The Morgan fingerprint density at radius 2 is 2.06 bits per heavy atom. The maximum Gasteiger partial charge on any atom is 0.256 e. The summed E-state index contributed by atoms with van der Waals surface area (Å²) in [6, 6.07) is 5.93. The van der Waals surface area contributed by atoms with E-state index in [-0.39, 0.29) is 43.7 Å². The first-order chi connectivity index (χ1) is 16.4. The maximum absolute atomic E-state index is 15.9. The molecule has 11 heteroatoms. The summed E-state index contributed by atoms with van der Waals surface area (Å²) in [7, 11) is 0. The lowest BCUT2D eigenvalue weighted by atomic mass is 9.90. The fourth-order valence-corrected chi connectivity index (χ4v) is 6.58. The number of fused-ring (bicyclic) bond motifs is 2. The highest BCUT2D eigenvalue weighted by Crippen LogP contribution is 2.50. The smallest absolute Gasteiger partial charge is 0.256 e. The molecule has 4 N–H and O–H groups in total. The van der Waals surface area contributed by atoms with E-state index in [4.69, 9.17) is 17.3 Å². The van der Waals surface area contributed by atoms with Gasteiger partial charge in [-0.25, -0.2) is 14.2 Å². The van der Waals surface area contributed by atoms with Crippen LogP contribution in [0.15, 0.2) is 18.2 Å². The Morgan fingerprint density at radius 3 is 2.85 bits per heavy atom. The van der Waals surface area contributed by atoms with Crippen LogP contribution in [-0.2, 0) is 0 Å². The van der Waals surface area contributed by atoms with Crippen LogP contribution in [0.2, 0.25) is 0 Å². The molecule has 7 nitrogen and oxygen atoms in total. The highest BCUT2D eigenvalue weighted by atomic mass is 35.5. The second-order valence-corrected chi connectivity index (χ2v) is 10.1. The molecule has 0 bridgehead atoms. The van der Waals surface area contributed by atoms with Crippen molar-refractivity contribution in [3.05, 3.63) is 46.5 Å². The fraction of sp³-hybridized carbons (Fsp3) is 0.304. The largest absolute Gasteiger partial charge is 0.389 e. The monoisotopic (exact) mass is 500 g/mol. The number of alkyl halides is 1. The minimum Gasteiger partial charge on any atom is -0.389 e. The third-order valence-corrected chi connectivity index (χ3v) is 8.15. The zero-order chi connectivity index (χ0) is 23.7. The number of thiophene rings is 1. The van der Waals surface area contributed by atoms with Crippen molar-refractivity contribution in [1.29, 1.82) is 5.26 Å². The van der Waals surface area contributed by atoms with Crippen molar-refractivity contribution < 1.29 is 13.6 Å². The molecule has 6 rings (SSSR count). The second kappa shape index (κ2) is 7.78. The molecule has 1 unspecified atom stereocenters. The minimum atomic E-state index is -0.817. The van der Waals surface area contributed by atoms with Gasteiger partial charge in [0.25, 0.3) is 5.91 Å². The van der Waals surface area contributed by atoms with Crippen molar-refractivity contribution in [3.63, 3.8) is 0 Å². The number of nitriles is 1. The third kappa shape index (κ3) is 2.94. The molecule has 1 fully saturated rings. The van der Waals surface area contributed by atoms with Gasteiger partial charge in [-0.15, -0.1) is 11.3 Å². The number of halogens is 3. The molecule has 174 valence electrons. The minimum absolute atomic E-state index is 0.000421. The van der Waals surface area contributed by atoms with E-state index in [1.54, 1.807) is 4.90 Å². The number of piperazine rings is 1. The van der Waals surface area contributed by atoms with E-state index in [2.05, 4.69) is 10.7 Å². The predicted octanol–water partition coefficient (Wildman–Crippen LogP) is 3.68. The summed E-state index contributed by atoms with van der Waals surface area (Å²) in [6.45, 7) is 2.46. The van der Waals surface area contributed by atoms with E-state index < -0.39 is 17.1 Å². The van der Waals surface area contributed by atoms with Crippen molar-refractivity contribution in [2.45, 2.75) is 18.0 Å². The van der Waals surface area contributed by atoms with Gasteiger partial charge in [-0.2, -0.15) is 5.26 Å². The van der Waals surface area contributed by atoms with Gasteiger partial charge in [-0.1, -0.05) is 17.7 Å². The summed E-state index contributed by atoms with van der Waals surface area (Å²) in [4.78, 5) is 15.3. The number of rotatable bonds is 1. The molecule has 0 spiro atoms. The molecule has 2 aromatic carbocycles. The molecule has 0 saturated carbocycles. The highest BCUT2D eigenvalue weighted by Gasteiger charge is 2.41. The second-order valence-electron chi connectivity index (χ2n) is 8.58. The zero-order valence-corrected chi connectivity index (χ0v) is 19.4. The molecular weight excluding hydrogens is 482 g/mol. The molecular formula is C23H19ClF2N6OS. The molecule has 3 aliphatic rings. The van der Waals surface area contributed by atoms with Gasteiger partial charge in [-0.05, 0) is 24.1 Å². The van der Waals surface area contributed by atoms with Gasteiger partial charge in [-0.3, -0.25) is 4.79 Å². The van der Waals surface area contributed by atoms with Gasteiger partial charge in [0.05, 0.1) is 21.5 Å². The number of nitrogens with two attached hydrogens (primary N) is 1. The first-order valence-electron chi connectivity index (χ1n) is 10.9. The molecule has 4 heterocycles. The molecule has 0 aliphatic carbocycles. The quantitative estimate of drug-likeness (QED) is 0.348. The maximum atomic E-state index is 15.9. The van der Waals surface area contributed by atoms with Crippen LogP contribution in [0, 0.1) is 23.0 Å². The first kappa shape index (κ1) is 21.6. The van der Waals surface area contributed by atoms with E-state index in [1.165, 1.54) is 18.2 Å². The Labute approximate surface area is 202 Å². The molecule has 1 amide bonds. The van der Waals surface area contributed by atoms with Gasteiger partial charge >= 0.3 is 0 Å². The Hall–Kier alpha value is -2.97. The van der Waals surface area contributed by atoms with Crippen molar-refractivity contribution in [3.8, 4) is 17.2 Å². The van der Waals surface area contributed by atoms with E-state index in [0.717, 1.165) is 11.3 Å². The van der Waals surface area contributed by atoms with Gasteiger partial charge in [0, 0.05) is 48.7 Å². The zero-order valence-electron chi connectivity index (χ0n) is 17.8. The number of hydrogen-bond donors (Lipinski definition) is 3. The van der Waals surface area contributed by atoms with E-state index in [9.17, 15) is 14.4 Å². The average Bonchev–Trinajstić information content (AvgIpc) is 3.34. The van der Waals surface area contributed by atoms with E-state index >= 15 is 4.39 Å². The number of benzene rings is 2. The molecule has 3 aromatic rings. The summed E-state index contributed by atoms with van der Waals surface area (Å²) in [5.41, 5.74) is 10.0. The van der Waals surface area contributed by atoms with Gasteiger partial charge in [0.1, 0.15) is 28.2 Å². The van der Waals surface area contributed by atoms with Crippen LogP contribution in [0.1, 0.15) is 33.4 Å². The van der Waals surface area contributed by atoms with Crippen molar-refractivity contribution >= 4 is 49.6 Å². The van der Waals surface area contributed by atoms with Gasteiger partial charge < -0.3 is 21.0 Å². The van der Waals surface area contributed by atoms with Gasteiger partial charge in [0.2, 0.25) is 0 Å². The molecule has 3 aliphatic heterocycles. The van der Waals surface area contributed by atoms with Crippen LogP contribution >= 0.6 is 22.9 Å². The van der Waals surface area contributed by atoms with Crippen molar-refractivity contribution in [2.24, 2.45) is 0 Å². The van der Waals surface area contributed by atoms with E-state index in [1.807, 2.05) is 11.1 Å². The fourth-order valence-electron chi connectivity index (χ4n) is 5.30. The number of anilines is 2. The summed E-state index contributed by atoms with van der Waals surface area (Å²) < 4.78 is 30.7. The van der Waals surface area contributed by atoms with Crippen LogP contribution < -0.4 is 21.5 Å². The Balaban J connectivity index is 1.64. The molecule has 0 radical (unpaired) electrons. The summed E-state index contributed by atoms with van der Waals surface area (Å²) in [5.74, 6) is -1.44. The first-order valence-corrected chi connectivity index (χ1v) is 12.1. The summed E-state index contributed by atoms with van der Waals surface area (Å²) in [6.07, 6.45) is 0.710. The number of nitrogen functional groups attached to an aromatic ring is 1. The normalized spacial score (nSPS) is 21.8. The number of nitrogens with one attached hydrogen (secondary N) is 2. The third-order valence-electron chi connectivity index (χ3n) is 6.81. The topological polar surface area (TPSA) is 97.4 Å². The van der Waals surface area contributed by atoms with Crippen LogP contribution in [-0.4, -0.2) is 43.0 Å².